The number of benzene rings is 1. The lowest BCUT2D eigenvalue weighted by Crippen LogP contribution is -2.59. The van der Waals surface area contributed by atoms with Gasteiger partial charge in [-0.1, -0.05) is 36.8 Å². The van der Waals surface area contributed by atoms with Crippen molar-refractivity contribution in [3.8, 4) is 0 Å². The molecule has 0 spiro atoms. The highest BCUT2D eigenvalue weighted by Gasteiger charge is 2.40. The molecule has 1 aromatic carbocycles. The minimum atomic E-state index is -0.528. The molecule has 1 saturated carbocycles. The first-order valence-electron chi connectivity index (χ1n) is 7.32. The van der Waals surface area contributed by atoms with E-state index in [4.69, 9.17) is 0 Å². The summed E-state index contributed by atoms with van der Waals surface area (Å²) in [6, 6.07) is 8.59. The Balaban J connectivity index is 1.82. The number of carbonyl (C=O) groups excluding carboxylic acids is 2. The van der Waals surface area contributed by atoms with E-state index in [1.54, 1.807) is 4.90 Å². The molecule has 1 aliphatic heterocycles. The molecule has 1 aromatic rings. The topological polar surface area (TPSA) is 49.4 Å². The normalized spacial score (nSPS) is 27.1. The summed E-state index contributed by atoms with van der Waals surface area (Å²) >= 11 is 0. The molecule has 1 aliphatic carbocycles. The van der Waals surface area contributed by atoms with Crippen LogP contribution in [0.15, 0.2) is 30.3 Å². The zero-order chi connectivity index (χ0) is 14.1. The molecule has 4 nitrogen and oxygen atoms in total. The fraction of sp³-hybridized carbons (Fsp3) is 0.500. The number of amides is 2. The molecule has 0 aromatic heterocycles. The smallest absolute Gasteiger partial charge is 0.250 e. The van der Waals surface area contributed by atoms with Crippen LogP contribution in [0.2, 0.25) is 0 Å². The zero-order valence-electron chi connectivity index (χ0n) is 11.7. The van der Waals surface area contributed by atoms with Gasteiger partial charge in [-0.25, -0.2) is 0 Å². The predicted molar refractivity (Wildman–Crippen MR) is 75.8 cm³/mol. The molecule has 1 heterocycles. The van der Waals surface area contributed by atoms with Gasteiger partial charge < -0.3 is 10.2 Å². The Labute approximate surface area is 119 Å². The molecule has 2 fully saturated rings. The molecular formula is C16H20N2O2. The Morgan fingerprint density at radius 2 is 1.90 bits per heavy atom. The van der Waals surface area contributed by atoms with E-state index >= 15 is 0 Å². The van der Waals surface area contributed by atoms with Gasteiger partial charge in [-0.15, -0.1) is 0 Å². The first-order chi connectivity index (χ1) is 9.66. The van der Waals surface area contributed by atoms with Crippen LogP contribution in [0.25, 0.3) is 0 Å². The highest BCUT2D eigenvalue weighted by molar-refractivity contribution is 5.97. The van der Waals surface area contributed by atoms with Crippen LogP contribution in [0.5, 0.6) is 0 Å². The van der Waals surface area contributed by atoms with Crippen LogP contribution in [0.3, 0.4) is 0 Å². The third-order valence-electron chi connectivity index (χ3n) is 4.48. The second-order valence-electron chi connectivity index (χ2n) is 5.82. The summed E-state index contributed by atoms with van der Waals surface area (Å²) in [5.41, 5.74) is 0.858. The number of hydrogen-bond donors (Lipinski definition) is 1. The van der Waals surface area contributed by atoms with E-state index in [1.165, 1.54) is 19.3 Å². The van der Waals surface area contributed by atoms with E-state index in [2.05, 4.69) is 5.32 Å². The third-order valence-corrected chi connectivity index (χ3v) is 4.48. The van der Waals surface area contributed by atoms with Gasteiger partial charge in [-0.05, 0) is 31.2 Å². The van der Waals surface area contributed by atoms with Crippen LogP contribution in [-0.2, 0) is 9.59 Å². The van der Waals surface area contributed by atoms with Crippen molar-refractivity contribution in [2.45, 2.75) is 38.3 Å². The largest absolute Gasteiger partial charge is 0.339 e. The molecular weight excluding hydrogens is 252 g/mol. The molecule has 2 unspecified atom stereocenters. The average Bonchev–Trinajstić information content (AvgIpc) is 2.42. The number of carbonyl (C=O) groups is 2. The van der Waals surface area contributed by atoms with Crippen molar-refractivity contribution in [1.82, 2.24) is 10.2 Å². The van der Waals surface area contributed by atoms with Gasteiger partial charge in [0.25, 0.3) is 0 Å². The van der Waals surface area contributed by atoms with Crippen molar-refractivity contribution in [2.24, 2.45) is 5.92 Å². The van der Waals surface area contributed by atoms with Gasteiger partial charge in [0, 0.05) is 6.54 Å². The van der Waals surface area contributed by atoms with Crippen molar-refractivity contribution >= 4 is 11.8 Å². The van der Waals surface area contributed by atoms with Gasteiger partial charge >= 0.3 is 0 Å². The van der Waals surface area contributed by atoms with Gasteiger partial charge in [0.15, 0.2) is 0 Å². The van der Waals surface area contributed by atoms with Gasteiger partial charge in [0.2, 0.25) is 11.8 Å². The monoisotopic (exact) mass is 272 g/mol. The first-order valence-corrected chi connectivity index (χ1v) is 7.32. The number of hydrogen-bond acceptors (Lipinski definition) is 2. The van der Waals surface area contributed by atoms with Crippen LogP contribution >= 0.6 is 0 Å². The van der Waals surface area contributed by atoms with Crippen LogP contribution in [0.1, 0.15) is 37.8 Å². The number of rotatable bonds is 3. The summed E-state index contributed by atoms with van der Waals surface area (Å²) in [7, 11) is 0. The van der Waals surface area contributed by atoms with Crippen molar-refractivity contribution in [3.05, 3.63) is 35.9 Å². The molecule has 0 radical (unpaired) electrons. The second kappa shape index (κ2) is 5.27. The Morgan fingerprint density at radius 3 is 2.50 bits per heavy atom. The van der Waals surface area contributed by atoms with Crippen LogP contribution in [0, 0.1) is 5.92 Å². The van der Waals surface area contributed by atoms with E-state index in [0.29, 0.717) is 5.92 Å². The van der Waals surface area contributed by atoms with Crippen LogP contribution in [-0.4, -0.2) is 29.3 Å². The summed E-state index contributed by atoms with van der Waals surface area (Å²) in [4.78, 5) is 26.5. The SMILES string of the molecule is CC1C(=O)NC(c2ccccc2)C(=O)N1CC1CCC1. The minimum absolute atomic E-state index is 0.0233. The Hall–Kier alpha value is -1.84. The Kier molecular flexibility index (Phi) is 3.47. The van der Waals surface area contributed by atoms with Crippen molar-refractivity contribution < 1.29 is 9.59 Å². The molecule has 3 rings (SSSR count). The summed E-state index contributed by atoms with van der Waals surface area (Å²) in [5, 5.41) is 2.84. The van der Waals surface area contributed by atoms with E-state index in [1.807, 2.05) is 37.3 Å². The summed E-state index contributed by atoms with van der Waals surface area (Å²) in [6.07, 6.45) is 3.59. The minimum Gasteiger partial charge on any atom is -0.339 e. The van der Waals surface area contributed by atoms with Crippen molar-refractivity contribution in [3.63, 3.8) is 0 Å². The highest BCUT2D eigenvalue weighted by Crippen LogP contribution is 2.30. The molecule has 0 bridgehead atoms. The summed E-state index contributed by atoms with van der Waals surface area (Å²) in [6.45, 7) is 2.53. The molecule has 20 heavy (non-hydrogen) atoms. The van der Waals surface area contributed by atoms with Crippen LogP contribution in [0.4, 0.5) is 0 Å². The predicted octanol–water partition coefficient (Wildman–Crippen LogP) is 1.87. The molecule has 2 aliphatic rings. The molecule has 2 atom stereocenters. The Morgan fingerprint density at radius 1 is 1.20 bits per heavy atom. The Bertz CT molecular complexity index is 510. The molecule has 4 heteroatoms. The fourth-order valence-electron chi connectivity index (χ4n) is 2.90. The van der Waals surface area contributed by atoms with Crippen LogP contribution < -0.4 is 5.32 Å². The number of nitrogens with zero attached hydrogens (tertiary/aromatic N) is 1. The van der Waals surface area contributed by atoms with E-state index in [0.717, 1.165) is 12.1 Å². The van der Waals surface area contributed by atoms with Crippen molar-refractivity contribution in [2.75, 3.05) is 6.54 Å². The standard InChI is InChI=1S/C16H20N2O2/c1-11-15(19)17-14(13-8-3-2-4-9-13)16(20)18(11)10-12-6-5-7-12/h2-4,8-9,11-12,14H,5-7,10H2,1H3,(H,17,19). The van der Waals surface area contributed by atoms with Gasteiger partial charge in [0.05, 0.1) is 0 Å². The summed E-state index contributed by atoms with van der Waals surface area (Å²) in [5.74, 6) is 0.539. The third kappa shape index (κ3) is 2.30. The maximum Gasteiger partial charge on any atom is 0.250 e. The molecule has 2 amide bonds. The van der Waals surface area contributed by atoms with Gasteiger partial charge in [0.1, 0.15) is 12.1 Å². The first kappa shape index (κ1) is 13.2. The van der Waals surface area contributed by atoms with Gasteiger partial charge in [-0.3, -0.25) is 9.59 Å². The van der Waals surface area contributed by atoms with Gasteiger partial charge in [-0.2, -0.15) is 0 Å². The number of piperazine rings is 1. The number of nitrogens with one attached hydrogen (secondary N) is 1. The fourth-order valence-corrected chi connectivity index (χ4v) is 2.90. The summed E-state index contributed by atoms with van der Waals surface area (Å²) < 4.78 is 0. The van der Waals surface area contributed by atoms with Crippen molar-refractivity contribution in [1.29, 1.82) is 0 Å². The second-order valence-corrected chi connectivity index (χ2v) is 5.82. The highest BCUT2D eigenvalue weighted by atomic mass is 16.2. The lowest BCUT2D eigenvalue weighted by molar-refractivity contribution is -0.150. The molecule has 106 valence electrons. The van der Waals surface area contributed by atoms with E-state index in [9.17, 15) is 9.59 Å². The quantitative estimate of drug-likeness (QED) is 0.913. The average molecular weight is 272 g/mol. The lowest BCUT2D eigenvalue weighted by Gasteiger charge is -2.41. The maximum absolute atomic E-state index is 12.7. The molecule has 1 N–H and O–H groups in total. The van der Waals surface area contributed by atoms with E-state index in [-0.39, 0.29) is 17.9 Å². The maximum atomic E-state index is 12.7. The molecule has 1 saturated heterocycles. The lowest BCUT2D eigenvalue weighted by atomic mass is 9.84. The van der Waals surface area contributed by atoms with E-state index < -0.39 is 6.04 Å². The zero-order valence-corrected chi connectivity index (χ0v) is 11.7.